The Kier molecular flexibility index (Phi) is 27.2. The SMILES string of the molecule is COc1ccc(C(OCCOCCOCCOCCNCCCOCCOCCOCCOCC(O)COC(c2ccccc2)(c2ccc(OC)cc2)c2ccc(OC)cc2)(c2ccccc2)c2ccc(OC)cc2)cc1. The molecule has 6 aromatic carbocycles. The number of benzene rings is 6. The van der Waals surface area contributed by atoms with Crippen LogP contribution in [0.3, 0.4) is 0 Å². The average molecular weight is 1060 g/mol. The molecule has 77 heavy (non-hydrogen) atoms. The second-order valence-corrected chi connectivity index (χ2v) is 17.7. The van der Waals surface area contributed by atoms with Crippen LogP contribution >= 0.6 is 0 Å². The van der Waals surface area contributed by atoms with Crippen molar-refractivity contribution in [3.05, 3.63) is 191 Å². The summed E-state index contributed by atoms with van der Waals surface area (Å²) in [4.78, 5) is 0. The highest BCUT2D eigenvalue weighted by molar-refractivity contribution is 5.51. The zero-order valence-corrected chi connectivity index (χ0v) is 45.3. The molecule has 1 unspecified atom stereocenters. The summed E-state index contributed by atoms with van der Waals surface area (Å²) in [5.74, 6) is 3.01. The Morgan fingerprint density at radius 3 is 1.01 bits per heavy atom. The Hall–Kier alpha value is -5.92. The van der Waals surface area contributed by atoms with Crippen molar-refractivity contribution in [3.63, 3.8) is 0 Å². The van der Waals surface area contributed by atoms with Gasteiger partial charge in [-0.1, -0.05) is 109 Å². The van der Waals surface area contributed by atoms with E-state index in [2.05, 4.69) is 17.4 Å². The molecule has 416 valence electrons. The molecule has 0 heterocycles. The molecule has 0 saturated heterocycles. The van der Waals surface area contributed by atoms with Gasteiger partial charge < -0.3 is 72.0 Å². The third kappa shape index (κ3) is 18.9. The van der Waals surface area contributed by atoms with Crippen molar-refractivity contribution >= 4 is 0 Å². The Labute approximate surface area is 455 Å². The summed E-state index contributed by atoms with van der Waals surface area (Å²) in [6.45, 7) is 8.12. The van der Waals surface area contributed by atoms with E-state index in [9.17, 15) is 5.11 Å². The highest BCUT2D eigenvalue weighted by atomic mass is 16.6. The van der Waals surface area contributed by atoms with Gasteiger partial charge >= 0.3 is 0 Å². The fourth-order valence-electron chi connectivity index (χ4n) is 8.66. The van der Waals surface area contributed by atoms with Gasteiger partial charge in [0, 0.05) is 13.2 Å². The van der Waals surface area contributed by atoms with Crippen LogP contribution in [0.1, 0.15) is 39.8 Å². The van der Waals surface area contributed by atoms with Gasteiger partial charge in [-0.25, -0.2) is 0 Å². The molecule has 15 nitrogen and oxygen atoms in total. The smallest absolute Gasteiger partial charge is 0.143 e. The lowest BCUT2D eigenvalue weighted by Crippen LogP contribution is -2.36. The molecule has 2 N–H and O–H groups in total. The Morgan fingerprint density at radius 1 is 0.325 bits per heavy atom. The van der Waals surface area contributed by atoms with Gasteiger partial charge in [-0.2, -0.15) is 0 Å². The normalized spacial score (nSPS) is 12.1. The standard InChI is InChI=1S/C62H79NO14/c1-65-57-24-16-52(17-25-57)61(50-12-7-5-8-13-50,53-18-26-58(66-2)27-19-53)76-47-46-74-43-42-72-39-37-70-35-33-63-32-11-34-69-36-38-71-40-41-73-44-45-75-48-56(64)49-77-62(51-14-9-6-10-15-51,54-20-28-59(67-3)29-21-54)55-22-30-60(68-4)31-23-55/h5-10,12-31,56,63-64H,11,32-49H2,1-4H3. The van der Waals surface area contributed by atoms with E-state index in [0.717, 1.165) is 75.9 Å². The zero-order valence-electron chi connectivity index (χ0n) is 45.3. The molecular weight excluding hydrogens is 983 g/mol. The number of aliphatic hydroxyl groups excluding tert-OH is 1. The minimum atomic E-state index is -1.03. The summed E-state index contributed by atoms with van der Waals surface area (Å²) in [5.41, 5.74) is 3.71. The van der Waals surface area contributed by atoms with E-state index in [4.69, 9.17) is 61.6 Å². The number of ether oxygens (including phenoxy) is 13. The number of methoxy groups -OCH3 is 4. The monoisotopic (exact) mass is 1060 g/mol. The molecule has 6 aromatic rings. The maximum absolute atomic E-state index is 11.0. The van der Waals surface area contributed by atoms with Gasteiger partial charge in [-0.15, -0.1) is 0 Å². The molecule has 0 fully saturated rings. The van der Waals surface area contributed by atoms with E-state index in [-0.39, 0.29) is 13.2 Å². The Balaban J connectivity index is 0.736. The summed E-state index contributed by atoms with van der Waals surface area (Å²) >= 11 is 0. The van der Waals surface area contributed by atoms with Crippen molar-refractivity contribution < 1.29 is 66.7 Å². The highest BCUT2D eigenvalue weighted by Crippen LogP contribution is 2.43. The Bertz CT molecular complexity index is 2330. The van der Waals surface area contributed by atoms with Crippen molar-refractivity contribution in [2.45, 2.75) is 23.7 Å². The van der Waals surface area contributed by atoms with Crippen molar-refractivity contribution in [2.75, 3.05) is 147 Å². The molecule has 0 aliphatic carbocycles. The van der Waals surface area contributed by atoms with Crippen LogP contribution < -0.4 is 24.3 Å². The fourth-order valence-corrected chi connectivity index (χ4v) is 8.66. The molecule has 15 heteroatoms. The van der Waals surface area contributed by atoms with E-state index in [1.54, 1.807) is 28.4 Å². The number of nitrogens with one attached hydrogen (secondary N) is 1. The minimum absolute atomic E-state index is 0.0171. The number of rotatable bonds is 41. The van der Waals surface area contributed by atoms with Crippen LogP contribution in [-0.2, 0) is 53.8 Å². The van der Waals surface area contributed by atoms with Gasteiger partial charge in [-0.3, -0.25) is 0 Å². The third-order valence-corrected chi connectivity index (χ3v) is 12.6. The first-order valence-corrected chi connectivity index (χ1v) is 26.4. The topological polar surface area (TPSA) is 152 Å². The maximum atomic E-state index is 11.0. The molecule has 1 atom stereocenters. The molecule has 0 bridgehead atoms. The van der Waals surface area contributed by atoms with Crippen molar-refractivity contribution in [1.29, 1.82) is 0 Å². The largest absolute Gasteiger partial charge is 0.497 e. The van der Waals surface area contributed by atoms with Crippen molar-refractivity contribution in [2.24, 2.45) is 0 Å². The van der Waals surface area contributed by atoms with Crippen LogP contribution in [0.5, 0.6) is 23.0 Å². The van der Waals surface area contributed by atoms with Crippen LogP contribution in [-0.4, -0.2) is 158 Å². The second-order valence-electron chi connectivity index (χ2n) is 17.7. The van der Waals surface area contributed by atoms with Gasteiger partial charge in [0.05, 0.1) is 128 Å². The molecule has 0 aromatic heterocycles. The lowest BCUT2D eigenvalue weighted by atomic mass is 9.80. The quantitative estimate of drug-likeness (QED) is 0.0279. The minimum Gasteiger partial charge on any atom is -0.497 e. The van der Waals surface area contributed by atoms with Crippen LogP contribution in [0, 0.1) is 0 Å². The van der Waals surface area contributed by atoms with Gasteiger partial charge in [-0.05, 0) is 94.9 Å². The molecule has 0 radical (unpaired) electrons. The van der Waals surface area contributed by atoms with E-state index in [0.29, 0.717) is 92.5 Å². The number of hydrogen-bond acceptors (Lipinski definition) is 15. The second kappa shape index (κ2) is 34.8. The number of aliphatic hydroxyl groups is 1. The highest BCUT2D eigenvalue weighted by Gasteiger charge is 2.39. The summed E-state index contributed by atoms with van der Waals surface area (Å²) in [5, 5.41) is 14.4. The number of hydrogen-bond donors (Lipinski definition) is 2. The molecule has 0 spiro atoms. The predicted molar refractivity (Wildman–Crippen MR) is 296 cm³/mol. The molecule has 0 aliphatic rings. The lowest BCUT2D eigenvalue weighted by Gasteiger charge is -2.36. The van der Waals surface area contributed by atoms with Crippen molar-refractivity contribution in [3.8, 4) is 23.0 Å². The first kappa shape index (κ1) is 60.3. The summed E-state index contributed by atoms with van der Waals surface area (Å²) in [6.07, 6.45) is -0.000944. The third-order valence-electron chi connectivity index (χ3n) is 12.6. The van der Waals surface area contributed by atoms with Crippen LogP contribution in [0.15, 0.2) is 158 Å². The summed E-state index contributed by atoms with van der Waals surface area (Å²) < 4.78 is 75.5. The van der Waals surface area contributed by atoms with E-state index in [1.165, 1.54) is 0 Å². The lowest BCUT2D eigenvalue weighted by molar-refractivity contribution is -0.0703. The summed E-state index contributed by atoms with van der Waals surface area (Å²) in [7, 11) is 6.59. The van der Waals surface area contributed by atoms with Crippen LogP contribution in [0.2, 0.25) is 0 Å². The fraction of sp³-hybridized carbons (Fsp3) is 0.419. The van der Waals surface area contributed by atoms with Gasteiger partial charge in [0.1, 0.15) is 40.3 Å². The molecule has 0 aliphatic heterocycles. The molecular formula is C62H79NO14. The van der Waals surface area contributed by atoms with Gasteiger partial charge in [0.15, 0.2) is 0 Å². The van der Waals surface area contributed by atoms with Gasteiger partial charge in [0.2, 0.25) is 0 Å². The molecule has 0 amide bonds. The summed E-state index contributed by atoms with van der Waals surface area (Å²) in [6, 6.07) is 51.7. The molecule has 6 rings (SSSR count). The average Bonchev–Trinajstić information content (AvgIpc) is 3.50. The first-order chi connectivity index (χ1) is 38.0. The van der Waals surface area contributed by atoms with Crippen LogP contribution in [0.25, 0.3) is 0 Å². The van der Waals surface area contributed by atoms with Crippen molar-refractivity contribution in [1.82, 2.24) is 5.32 Å². The zero-order chi connectivity index (χ0) is 54.1. The Morgan fingerprint density at radius 2 is 0.636 bits per heavy atom. The van der Waals surface area contributed by atoms with E-state index in [1.807, 2.05) is 146 Å². The van der Waals surface area contributed by atoms with Crippen LogP contribution in [0.4, 0.5) is 0 Å². The molecule has 0 saturated carbocycles. The first-order valence-electron chi connectivity index (χ1n) is 26.4. The van der Waals surface area contributed by atoms with Gasteiger partial charge in [0.25, 0.3) is 0 Å². The van der Waals surface area contributed by atoms with E-state index >= 15 is 0 Å². The predicted octanol–water partition coefficient (Wildman–Crippen LogP) is 8.50. The maximum Gasteiger partial charge on any atom is 0.143 e. The van der Waals surface area contributed by atoms with E-state index < -0.39 is 17.3 Å².